The van der Waals surface area contributed by atoms with Crippen molar-refractivity contribution in [3.8, 4) is 0 Å². The van der Waals surface area contributed by atoms with Gasteiger partial charge in [-0.15, -0.1) is 93.5 Å². The number of carbonyl (C=O) groups is 4. The Morgan fingerprint density at radius 1 is 0.331 bits per heavy atom. The molecule has 40 atom stereocenters. The van der Waals surface area contributed by atoms with Crippen molar-refractivity contribution >= 4 is 139 Å². The van der Waals surface area contributed by atoms with E-state index in [9.17, 15) is 107 Å². The molecular formula is C96H126Cl4F6N8O24S4. The van der Waals surface area contributed by atoms with Crippen LogP contribution >= 0.6 is 93.5 Å². The minimum atomic E-state index is -1.47. The molecular weight excluding hydrogens is 2030 g/mol. The van der Waals surface area contributed by atoms with E-state index < -0.39 is 249 Å². The minimum absolute atomic E-state index is 0.0900. The maximum absolute atomic E-state index is 14.4. The number of aliphatic hydroxyl groups excluding tert-OH is 12. The molecule has 142 heavy (non-hydrogen) atoms. The van der Waals surface area contributed by atoms with Gasteiger partial charge in [-0.2, -0.15) is 0 Å². The number of nitrogens with one attached hydrogen (secondary N) is 8. The van der Waals surface area contributed by atoms with Crippen molar-refractivity contribution in [1.82, 2.24) is 42.5 Å². The zero-order valence-electron chi connectivity index (χ0n) is 78.6. The number of benzene rings is 4. The zero-order chi connectivity index (χ0) is 103. The molecule has 8 unspecified atom stereocenters. The number of thioether (sulfide) groups is 4. The number of ether oxygens (including phenoxy) is 8. The fraction of sp³-hybridized carbons (Fsp3) is 0.625. The monoisotopic (exact) mass is 2160 g/mol. The predicted octanol–water partition coefficient (Wildman–Crippen LogP) is 3.75. The number of hydrogen-bond donors (Lipinski definition) is 20. The normalized spacial score (nSPS) is 36.7. The SMILES string of the molecule is CSC1O[C@H]([C@H](NC(=O)[C@H]2NC[C@@H]3C=C(c4cc(F)cc(F)c4)CCO[C@@H]23)[C@H](C)Cl)C(O)[C@@H](O)[C@H]1O.CSC1O[C@H]([C@H](NC(=O)[C@H]2NC[C@@H]3C=C(c4ccc(F)cc4F)CCO[C@@H]23)[C@H](C)Cl)C(O)[C@@H](O)[C@H]1O.CSC1O[C@H]([C@H](NC(=O)[C@H]2NC[C@@H]3C=C(c4cccc(F)c4)CCO[C@@H]23)[C@H](C)Cl)C(O)[C@@H](O)[C@H]1O.CSC1O[C@H]([C@H](NC(=O)[C@H]2NC[C@@H]3C=C(c4ccccc4F)CCO[C@@H]23)[C@H](C)Cl)C(O)[C@@H](O)[C@H]1O. The van der Waals surface area contributed by atoms with Crippen molar-refractivity contribution < 1.29 is 145 Å². The number of halogens is 10. The van der Waals surface area contributed by atoms with E-state index in [0.29, 0.717) is 87.3 Å². The highest BCUT2D eigenvalue weighted by Gasteiger charge is 2.56. The number of alkyl halides is 4. The van der Waals surface area contributed by atoms with Crippen LogP contribution in [0.4, 0.5) is 26.3 Å². The third-order valence-electron chi connectivity index (χ3n) is 27.7. The second-order valence-electron chi connectivity index (χ2n) is 37.1. The van der Waals surface area contributed by atoms with E-state index in [1.165, 1.54) is 89.5 Å². The Kier molecular flexibility index (Phi) is 41.4. The van der Waals surface area contributed by atoms with Crippen LogP contribution in [0.5, 0.6) is 0 Å². The van der Waals surface area contributed by atoms with E-state index in [0.717, 1.165) is 34.4 Å². The third kappa shape index (κ3) is 26.7. The van der Waals surface area contributed by atoms with Gasteiger partial charge >= 0.3 is 0 Å². The molecule has 0 aromatic heterocycles. The molecule has 12 aliphatic heterocycles. The molecule has 46 heteroatoms. The smallest absolute Gasteiger partial charge is 0.240 e. The fourth-order valence-electron chi connectivity index (χ4n) is 20.2. The second-order valence-corrected chi connectivity index (χ2v) is 43.6. The molecule has 0 spiro atoms. The Hall–Kier alpha value is -5.10. The summed E-state index contributed by atoms with van der Waals surface area (Å²) in [5, 5.41) is 145. The highest BCUT2D eigenvalue weighted by atomic mass is 35.5. The molecule has 12 aliphatic rings. The summed E-state index contributed by atoms with van der Waals surface area (Å²) in [6.07, 6.45) is -6.32. The Labute approximate surface area is 855 Å². The van der Waals surface area contributed by atoms with E-state index in [-0.39, 0.29) is 60.3 Å². The van der Waals surface area contributed by atoms with Crippen LogP contribution in [0.15, 0.2) is 109 Å². The Morgan fingerprint density at radius 3 is 0.908 bits per heavy atom. The molecule has 32 nitrogen and oxygen atoms in total. The molecule has 4 aromatic carbocycles. The van der Waals surface area contributed by atoms with Crippen molar-refractivity contribution in [3.05, 3.63) is 166 Å². The number of rotatable bonds is 24. The molecule has 0 saturated carbocycles. The number of aliphatic hydroxyl groups is 12. The summed E-state index contributed by atoms with van der Waals surface area (Å²) in [6.45, 7) is 9.60. The summed E-state index contributed by atoms with van der Waals surface area (Å²) >= 11 is 30.2. The van der Waals surface area contributed by atoms with E-state index in [1.54, 1.807) is 77.0 Å². The van der Waals surface area contributed by atoms with Gasteiger partial charge in [0.1, 0.15) is 178 Å². The van der Waals surface area contributed by atoms with Crippen LogP contribution in [0.3, 0.4) is 0 Å². The number of carbonyl (C=O) groups excluding carboxylic acids is 4. The molecule has 788 valence electrons. The van der Waals surface area contributed by atoms with Crippen LogP contribution in [0.1, 0.15) is 75.6 Å². The molecule has 4 amide bonds. The lowest BCUT2D eigenvalue weighted by Crippen LogP contribution is -2.65. The highest BCUT2D eigenvalue weighted by Crippen LogP contribution is 2.42. The largest absolute Gasteiger partial charge is 0.388 e. The summed E-state index contributed by atoms with van der Waals surface area (Å²) in [5.74, 6) is -5.50. The standard InChI is InChI=1S/2C24H31ClF2N2O6S.2C24H32ClFN2O6S/c1-10(25)16(22-19(31)18(30)20(32)24(35-22)36-2)29-23(33)17-21-13(9-28-17)5-11(3-4-34-21)12-6-14(26)8-15(27)7-12;1-10(25)16(22-19(31)18(30)20(32)24(35-22)36-2)29-23(33)17-21-12(9-28-17)7-11(5-6-34-21)14-4-3-13(26)8-15(14)27;1-11(25)16(22-19(30)18(29)20(31)24(34-22)35-2)28-23(32)17-21-14(10-27-17)8-13(6-7-33-21)12-4-3-5-15(26)9-12;1-11(25)16(22-19(30)18(29)20(31)24(34-22)35-2)28-23(32)17-21-13(10-27-17)9-12(7-8-33-21)14-5-3-4-6-15(14)26/h5-8,10,13,16-22,24,28,30-32H,3-4,9H2,1-2H3,(H,29,33);3-4,7-8,10,12,16-22,24,28,30-32H,5-6,9H2,1-2H3,(H,29,33);3-5,8-9,11,14,16-22,24,27,29-31H,6-7,10H2,1-2H3,(H,28,32);3-6,9,11,13,16-22,24,27,29-31H,7-8,10H2,1-2H3,(H,28,32)/t10-,13-,16+,17-,18+,19?,20+,21+,22+,24?;10-,12-,16+,17-,18+,19?,20+,21+,22+,24?;11-,14-,16+,17-,18+,19?,20+,21+,22+,24?;11-,13-,16+,17-,18+,19?,20+,21+,22+,24?/m0000/s1. The topological polar surface area (TPSA) is 481 Å². The highest BCUT2D eigenvalue weighted by molar-refractivity contribution is 7.99. The third-order valence-corrected chi connectivity index (χ3v) is 32.2. The quantitative estimate of drug-likeness (QED) is 0.0351. The summed E-state index contributed by atoms with van der Waals surface area (Å²) in [5.41, 5.74) is 2.14. The van der Waals surface area contributed by atoms with Crippen LogP contribution in [0.25, 0.3) is 22.3 Å². The maximum Gasteiger partial charge on any atom is 0.240 e. The minimum Gasteiger partial charge on any atom is -0.388 e. The van der Waals surface area contributed by atoms with Crippen LogP contribution in [0.2, 0.25) is 0 Å². The summed E-state index contributed by atoms with van der Waals surface area (Å²) < 4.78 is 131. The van der Waals surface area contributed by atoms with Crippen LogP contribution < -0.4 is 42.5 Å². The first-order valence-corrected chi connectivity index (χ1v) is 53.9. The Morgan fingerprint density at radius 2 is 0.613 bits per heavy atom. The average Bonchev–Trinajstić information content (AvgIpc) is 0.926. The lowest BCUT2D eigenvalue weighted by atomic mass is 9.92. The molecule has 0 bridgehead atoms. The van der Waals surface area contributed by atoms with E-state index in [2.05, 4.69) is 42.5 Å². The molecule has 16 rings (SSSR count). The predicted molar refractivity (Wildman–Crippen MR) is 526 cm³/mol. The van der Waals surface area contributed by atoms with Crippen LogP contribution in [-0.2, 0) is 57.1 Å². The van der Waals surface area contributed by atoms with Crippen molar-refractivity contribution in [1.29, 1.82) is 0 Å². The average molecular weight is 2160 g/mol. The van der Waals surface area contributed by atoms with Gasteiger partial charge in [-0.3, -0.25) is 19.2 Å². The summed E-state index contributed by atoms with van der Waals surface area (Å²) in [6, 6.07) is 13.6. The molecule has 8 fully saturated rings. The van der Waals surface area contributed by atoms with Gasteiger partial charge in [0, 0.05) is 73.1 Å². The lowest BCUT2D eigenvalue weighted by Gasteiger charge is -2.44. The number of amides is 4. The van der Waals surface area contributed by atoms with Gasteiger partial charge in [-0.1, -0.05) is 54.6 Å². The van der Waals surface area contributed by atoms with E-state index in [1.807, 2.05) is 30.4 Å². The van der Waals surface area contributed by atoms with Gasteiger partial charge in [-0.25, -0.2) is 26.3 Å². The van der Waals surface area contributed by atoms with Gasteiger partial charge in [0.05, 0.1) is 96.5 Å². The molecule has 0 aliphatic carbocycles. The Balaban J connectivity index is 0.000000159. The lowest BCUT2D eigenvalue weighted by molar-refractivity contribution is -0.205. The van der Waals surface area contributed by atoms with Crippen molar-refractivity contribution in [2.45, 2.75) is 267 Å². The second kappa shape index (κ2) is 51.6. The number of hydrogen-bond acceptors (Lipinski definition) is 32. The van der Waals surface area contributed by atoms with Crippen molar-refractivity contribution in [2.75, 3.05) is 77.6 Å². The van der Waals surface area contributed by atoms with E-state index in [4.69, 9.17) is 84.3 Å². The summed E-state index contributed by atoms with van der Waals surface area (Å²) in [4.78, 5) is 53.3. The van der Waals surface area contributed by atoms with E-state index >= 15 is 0 Å². The fourth-order valence-corrected chi connectivity index (χ4v) is 23.7. The van der Waals surface area contributed by atoms with Crippen LogP contribution in [-0.4, -0.2) is 376 Å². The van der Waals surface area contributed by atoms with Gasteiger partial charge in [0.2, 0.25) is 23.6 Å². The van der Waals surface area contributed by atoms with Crippen molar-refractivity contribution in [2.24, 2.45) is 23.7 Å². The number of fused-ring (bicyclic) bond motifs is 4. The molecule has 4 aromatic rings. The molecule has 12 heterocycles. The van der Waals surface area contributed by atoms with Gasteiger partial charge in [0.15, 0.2) is 0 Å². The van der Waals surface area contributed by atoms with Gasteiger partial charge in [0.25, 0.3) is 0 Å². The Bertz CT molecular complexity index is 5030. The maximum atomic E-state index is 14.4. The molecule has 8 saturated heterocycles. The first-order valence-electron chi connectivity index (χ1n) is 47.0. The molecule has 20 N–H and O–H groups in total. The van der Waals surface area contributed by atoms with Gasteiger partial charge < -0.3 is 142 Å². The first-order chi connectivity index (χ1) is 67.6. The first kappa shape index (κ1) is 114. The summed E-state index contributed by atoms with van der Waals surface area (Å²) in [7, 11) is 0. The van der Waals surface area contributed by atoms with Crippen LogP contribution in [0, 0.1) is 58.6 Å². The van der Waals surface area contributed by atoms with Crippen molar-refractivity contribution in [3.63, 3.8) is 0 Å². The molecule has 0 radical (unpaired) electrons. The van der Waals surface area contributed by atoms with Gasteiger partial charge in [-0.05, 0) is 154 Å². The zero-order valence-corrected chi connectivity index (χ0v) is 84.9.